The fourth-order valence-corrected chi connectivity index (χ4v) is 1.03. The predicted octanol–water partition coefficient (Wildman–Crippen LogP) is 1.82. The minimum absolute atomic E-state index is 0.127. The van der Waals surface area contributed by atoms with Crippen LogP contribution in [0.5, 0.6) is 0 Å². The maximum absolute atomic E-state index is 13.2. The van der Waals surface area contributed by atoms with E-state index in [1.54, 1.807) is 6.07 Å². The number of hydrogen-bond acceptors (Lipinski definition) is 3. The Morgan fingerprint density at radius 1 is 1.07 bits per heavy atom. The Bertz CT molecular complexity index is 445. The molecule has 0 bridgehead atoms. The molecule has 0 aliphatic carbocycles. The van der Waals surface area contributed by atoms with Crippen molar-refractivity contribution in [3.8, 4) is 11.4 Å². The Morgan fingerprint density at radius 2 is 1.93 bits per heavy atom. The predicted molar refractivity (Wildman–Crippen MR) is 45.2 cm³/mol. The van der Waals surface area contributed by atoms with Crippen molar-refractivity contribution in [3.63, 3.8) is 0 Å². The quantitative estimate of drug-likeness (QED) is 0.648. The minimum atomic E-state index is -0.743. The molecule has 70 valence electrons. The Balaban J connectivity index is 2.57. The third kappa shape index (κ3) is 1.56. The van der Waals surface area contributed by atoms with Gasteiger partial charge in [-0.1, -0.05) is 0 Å². The number of aromatic nitrogens is 3. The van der Waals surface area contributed by atoms with E-state index >= 15 is 0 Å². The summed E-state index contributed by atoms with van der Waals surface area (Å²) in [7, 11) is 0. The first kappa shape index (κ1) is 8.68. The van der Waals surface area contributed by atoms with Crippen LogP contribution in [0.4, 0.5) is 8.78 Å². The van der Waals surface area contributed by atoms with Crippen molar-refractivity contribution in [2.45, 2.75) is 0 Å². The minimum Gasteiger partial charge on any atom is -0.215 e. The second-order valence-corrected chi connectivity index (χ2v) is 2.57. The zero-order valence-corrected chi connectivity index (χ0v) is 6.98. The smallest absolute Gasteiger partial charge is 0.213 e. The van der Waals surface area contributed by atoms with Gasteiger partial charge in [-0.15, -0.1) is 5.10 Å². The molecule has 0 fully saturated rings. The molecule has 5 heteroatoms. The topological polar surface area (TPSA) is 38.7 Å². The van der Waals surface area contributed by atoms with Gasteiger partial charge in [0.25, 0.3) is 0 Å². The molecule has 0 radical (unpaired) electrons. The zero-order valence-electron chi connectivity index (χ0n) is 6.98. The molecule has 0 aliphatic rings. The molecule has 0 atom stereocenters. The first-order valence-corrected chi connectivity index (χ1v) is 3.87. The third-order valence-electron chi connectivity index (χ3n) is 1.63. The van der Waals surface area contributed by atoms with Crippen LogP contribution in [-0.4, -0.2) is 15.2 Å². The van der Waals surface area contributed by atoms with Crippen molar-refractivity contribution in [1.82, 2.24) is 15.2 Å². The average Bonchev–Trinajstić information content (AvgIpc) is 2.23. The Morgan fingerprint density at radius 3 is 2.64 bits per heavy atom. The fraction of sp³-hybridized carbons (Fsp3) is 0. The second-order valence-electron chi connectivity index (χ2n) is 2.57. The van der Waals surface area contributed by atoms with Gasteiger partial charge in [0.05, 0.1) is 0 Å². The van der Waals surface area contributed by atoms with Crippen molar-refractivity contribution < 1.29 is 8.78 Å². The average molecular weight is 193 g/mol. The van der Waals surface area contributed by atoms with Crippen molar-refractivity contribution in [2.75, 3.05) is 0 Å². The van der Waals surface area contributed by atoms with Crippen molar-refractivity contribution in [2.24, 2.45) is 0 Å². The highest BCUT2D eigenvalue weighted by Gasteiger charge is 2.08. The first-order valence-electron chi connectivity index (χ1n) is 3.87. The highest BCUT2D eigenvalue weighted by molar-refractivity contribution is 5.53. The van der Waals surface area contributed by atoms with Gasteiger partial charge in [-0.2, -0.15) is 9.49 Å². The summed E-state index contributed by atoms with van der Waals surface area (Å²) in [6.07, 6.45) is 1.45. The molecule has 0 unspecified atom stereocenters. The Labute approximate surface area is 78.4 Å². The normalized spacial score (nSPS) is 10.1. The van der Waals surface area contributed by atoms with Crippen molar-refractivity contribution in [3.05, 3.63) is 42.2 Å². The molecule has 0 saturated heterocycles. The van der Waals surface area contributed by atoms with Gasteiger partial charge in [0.1, 0.15) is 11.4 Å². The molecule has 0 amide bonds. The van der Waals surface area contributed by atoms with Crippen LogP contribution in [0.2, 0.25) is 0 Å². The van der Waals surface area contributed by atoms with Crippen LogP contribution in [-0.2, 0) is 0 Å². The summed E-state index contributed by atoms with van der Waals surface area (Å²) < 4.78 is 25.9. The monoisotopic (exact) mass is 193 g/mol. The molecule has 14 heavy (non-hydrogen) atoms. The molecule has 2 heterocycles. The standard InChI is InChI=1S/C9H5F2N3/c10-6-3-4-8(11)13-9(6)7-2-1-5-12-14-7/h1-5H. The summed E-state index contributed by atoms with van der Waals surface area (Å²) in [5.74, 6) is -1.36. The maximum Gasteiger partial charge on any atom is 0.213 e. The third-order valence-corrected chi connectivity index (χ3v) is 1.63. The van der Waals surface area contributed by atoms with Gasteiger partial charge < -0.3 is 0 Å². The van der Waals surface area contributed by atoms with Gasteiger partial charge >= 0.3 is 0 Å². The number of rotatable bonds is 1. The lowest BCUT2D eigenvalue weighted by Crippen LogP contribution is -1.95. The highest BCUT2D eigenvalue weighted by Crippen LogP contribution is 2.16. The molecule has 3 nitrogen and oxygen atoms in total. The lowest BCUT2D eigenvalue weighted by molar-refractivity contribution is 0.563. The molecule has 0 spiro atoms. The molecule has 2 rings (SSSR count). The van der Waals surface area contributed by atoms with E-state index in [0.29, 0.717) is 0 Å². The number of nitrogens with zero attached hydrogens (tertiary/aromatic N) is 3. The van der Waals surface area contributed by atoms with E-state index < -0.39 is 11.8 Å². The lowest BCUT2D eigenvalue weighted by atomic mass is 10.2. The largest absolute Gasteiger partial charge is 0.215 e. The summed E-state index contributed by atoms with van der Waals surface area (Å²) in [4.78, 5) is 3.40. The number of pyridine rings is 1. The number of halogens is 2. The molecular formula is C9H5F2N3. The number of hydrogen-bond donors (Lipinski definition) is 0. The summed E-state index contributed by atoms with van der Waals surface area (Å²) >= 11 is 0. The summed E-state index contributed by atoms with van der Waals surface area (Å²) in [5, 5.41) is 7.18. The van der Waals surface area contributed by atoms with E-state index in [-0.39, 0.29) is 11.4 Å². The van der Waals surface area contributed by atoms with Crippen molar-refractivity contribution >= 4 is 0 Å². The van der Waals surface area contributed by atoms with Crippen LogP contribution in [0.15, 0.2) is 30.5 Å². The van der Waals surface area contributed by atoms with Gasteiger partial charge in [-0.3, -0.25) is 0 Å². The van der Waals surface area contributed by atoms with E-state index in [2.05, 4.69) is 15.2 Å². The molecule has 0 aliphatic heterocycles. The van der Waals surface area contributed by atoms with E-state index in [1.165, 1.54) is 12.3 Å². The van der Waals surface area contributed by atoms with Gasteiger partial charge in [-0.25, -0.2) is 9.37 Å². The second kappa shape index (κ2) is 3.45. The van der Waals surface area contributed by atoms with Gasteiger partial charge in [0.15, 0.2) is 5.82 Å². The van der Waals surface area contributed by atoms with E-state index in [4.69, 9.17) is 0 Å². The lowest BCUT2D eigenvalue weighted by Gasteiger charge is -1.99. The van der Waals surface area contributed by atoms with Crippen LogP contribution in [0.1, 0.15) is 0 Å². The van der Waals surface area contributed by atoms with Crippen LogP contribution < -0.4 is 0 Å². The fourth-order valence-electron chi connectivity index (χ4n) is 1.03. The summed E-state index contributed by atoms with van der Waals surface area (Å²) in [6.45, 7) is 0. The molecule has 0 aromatic carbocycles. The van der Waals surface area contributed by atoms with Gasteiger partial charge in [0.2, 0.25) is 5.95 Å². The maximum atomic E-state index is 13.2. The van der Waals surface area contributed by atoms with Crippen LogP contribution in [0, 0.1) is 11.8 Å². The molecule has 0 saturated carbocycles. The summed E-state index contributed by atoms with van der Waals surface area (Å²) in [6, 6.07) is 5.05. The van der Waals surface area contributed by atoms with Gasteiger partial charge in [-0.05, 0) is 24.3 Å². The van der Waals surface area contributed by atoms with Crippen molar-refractivity contribution in [1.29, 1.82) is 0 Å². The zero-order chi connectivity index (χ0) is 9.97. The van der Waals surface area contributed by atoms with Crippen LogP contribution in [0.25, 0.3) is 11.4 Å². The van der Waals surface area contributed by atoms with Gasteiger partial charge in [0, 0.05) is 6.20 Å². The van der Waals surface area contributed by atoms with E-state index in [9.17, 15) is 8.78 Å². The Kier molecular flexibility index (Phi) is 2.14. The van der Waals surface area contributed by atoms with Crippen LogP contribution >= 0.6 is 0 Å². The molecule has 2 aromatic rings. The highest BCUT2D eigenvalue weighted by atomic mass is 19.1. The Hall–Kier alpha value is -1.91. The molecular weight excluding hydrogens is 188 g/mol. The first-order chi connectivity index (χ1) is 6.77. The molecule has 2 aromatic heterocycles. The summed E-state index contributed by atoms with van der Waals surface area (Å²) in [5.41, 5.74) is 0.0857. The molecule has 0 N–H and O–H groups in total. The SMILES string of the molecule is Fc1ccc(F)c(-c2cccnn2)n1. The van der Waals surface area contributed by atoms with E-state index in [0.717, 1.165) is 12.1 Å². The van der Waals surface area contributed by atoms with Crippen LogP contribution in [0.3, 0.4) is 0 Å². The van der Waals surface area contributed by atoms with E-state index in [1.807, 2.05) is 0 Å².